The molecule has 0 aliphatic carbocycles. The maximum absolute atomic E-state index is 13.7. The average Bonchev–Trinajstić information content (AvgIpc) is 2.74. The number of ether oxygens (including phenoxy) is 1. The fourth-order valence-corrected chi connectivity index (χ4v) is 3.73. The summed E-state index contributed by atoms with van der Waals surface area (Å²) in [5.41, 5.74) is 5.46. The van der Waals surface area contributed by atoms with E-state index in [1.54, 1.807) is 19.2 Å². The van der Waals surface area contributed by atoms with Gasteiger partial charge < -0.3 is 15.0 Å². The van der Waals surface area contributed by atoms with Crippen LogP contribution in [0, 0.1) is 12.7 Å². The largest absolute Gasteiger partial charge is 0.497 e. The number of benzene rings is 3. The maximum Gasteiger partial charge on any atom is 0.174 e. The van der Waals surface area contributed by atoms with Crippen LogP contribution in [-0.2, 0) is 19.5 Å². The number of aryl methyl sites for hydroxylation is 1. The van der Waals surface area contributed by atoms with Crippen LogP contribution >= 0.6 is 12.2 Å². The van der Waals surface area contributed by atoms with Crippen LogP contribution in [0.1, 0.15) is 29.2 Å². The molecule has 5 heteroatoms. The highest BCUT2D eigenvalue weighted by atomic mass is 32.1. The summed E-state index contributed by atoms with van der Waals surface area (Å²) < 4.78 is 19.0. The van der Waals surface area contributed by atoms with Gasteiger partial charge in [-0.3, -0.25) is 0 Å². The topological polar surface area (TPSA) is 24.5 Å². The van der Waals surface area contributed by atoms with Gasteiger partial charge in [0, 0.05) is 18.8 Å². The predicted octanol–water partition coefficient (Wildman–Crippen LogP) is 6.10. The fourth-order valence-electron chi connectivity index (χ4n) is 3.49. The van der Waals surface area contributed by atoms with E-state index in [0.717, 1.165) is 29.0 Å². The molecule has 0 spiro atoms. The lowest BCUT2D eigenvalue weighted by Gasteiger charge is -2.27. The molecule has 1 N–H and O–H groups in total. The molecule has 3 aromatic rings. The Balaban J connectivity index is 1.85. The molecule has 0 radical (unpaired) electrons. The number of hydrogen-bond donors (Lipinski definition) is 1. The molecule has 0 saturated carbocycles. The zero-order valence-corrected chi connectivity index (χ0v) is 18.4. The summed E-state index contributed by atoms with van der Waals surface area (Å²) in [6.45, 7) is 5.34. The van der Waals surface area contributed by atoms with Gasteiger partial charge in [0.25, 0.3) is 0 Å². The van der Waals surface area contributed by atoms with Crippen LogP contribution < -0.4 is 10.1 Å². The van der Waals surface area contributed by atoms with Gasteiger partial charge in [-0.25, -0.2) is 4.39 Å². The van der Waals surface area contributed by atoms with Crippen LogP contribution in [0.3, 0.4) is 0 Å². The Morgan fingerprint density at radius 3 is 2.37 bits per heavy atom. The molecule has 30 heavy (non-hydrogen) atoms. The quantitative estimate of drug-likeness (QED) is 0.465. The molecular formula is C25H27FN2OS. The highest BCUT2D eigenvalue weighted by Crippen LogP contribution is 2.22. The van der Waals surface area contributed by atoms with Crippen molar-refractivity contribution in [2.45, 2.75) is 33.4 Å². The minimum absolute atomic E-state index is 0.247. The number of anilines is 1. The molecule has 0 fully saturated rings. The van der Waals surface area contributed by atoms with Crippen molar-refractivity contribution in [1.82, 2.24) is 4.90 Å². The van der Waals surface area contributed by atoms with Gasteiger partial charge in [0.05, 0.1) is 7.11 Å². The number of hydrogen-bond acceptors (Lipinski definition) is 2. The van der Waals surface area contributed by atoms with E-state index in [-0.39, 0.29) is 5.82 Å². The summed E-state index contributed by atoms with van der Waals surface area (Å²) in [6, 6.07) is 20.7. The molecule has 0 heterocycles. The van der Waals surface area contributed by atoms with Gasteiger partial charge in [-0.2, -0.15) is 0 Å². The Morgan fingerprint density at radius 1 is 1.00 bits per heavy atom. The minimum Gasteiger partial charge on any atom is -0.497 e. The van der Waals surface area contributed by atoms with Crippen LogP contribution in [-0.4, -0.2) is 17.1 Å². The highest BCUT2D eigenvalue weighted by molar-refractivity contribution is 7.80. The van der Waals surface area contributed by atoms with Gasteiger partial charge in [-0.05, 0) is 78.1 Å². The van der Waals surface area contributed by atoms with Gasteiger partial charge in [0.15, 0.2) is 5.11 Å². The third-order valence-corrected chi connectivity index (χ3v) is 5.45. The van der Waals surface area contributed by atoms with Crippen LogP contribution in [0.4, 0.5) is 10.1 Å². The zero-order valence-electron chi connectivity index (χ0n) is 17.6. The summed E-state index contributed by atoms with van der Waals surface area (Å²) in [5, 5.41) is 4.03. The lowest BCUT2D eigenvalue weighted by atomic mass is 10.0. The molecule has 0 saturated heterocycles. The molecule has 0 aliphatic rings. The van der Waals surface area contributed by atoms with E-state index < -0.39 is 0 Å². The van der Waals surface area contributed by atoms with Crippen LogP contribution in [0.25, 0.3) is 0 Å². The zero-order chi connectivity index (χ0) is 21.5. The van der Waals surface area contributed by atoms with E-state index in [4.69, 9.17) is 17.0 Å². The molecule has 0 aliphatic heterocycles. The van der Waals surface area contributed by atoms with Gasteiger partial charge in [0.1, 0.15) is 11.6 Å². The summed E-state index contributed by atoms with van der Waals surface area (Å²) in [6.07, 6.45) is 0.917. The third kappa shape index (κ3) is 5.57. The smallest absolute Gasteiger partial charge is 0.174 e. The molecule has 3 aromatic carbocycles. The van der Waals surface area contributed by atoms with E-state index in [2.05, 4.69) is 25.2 Å². The molecule has 0 atom stereocenters. The van der Waals surface area contributed by atoms with Crippen LogP contribution in [0.15, 0.2) is 66.7 Å². The molecule has 3 nitrogen and oxygen atoms in total. The van der Waals surface area contributed by atoms with Crippen molar-refractivity contribution in [2.24, 2.45) is 0 Å². The van der Waals surface area contributed by atoms with E-state index in [0.29, 0.717) is 18.2 Å². The van der Waals surface area contributed by atoms with E-state index in [1.165, 1.54) is 17.2 Å². The van der Waals surface area contributed by atoms with Crippen LogP contribution in [0.5, 0.6) is 5.75 Å². The summed E-state index contributed by atoms with van der Waals surface area (Å²) in [4.78, 5) is 2.05. The summed E-state index contributed by atoms with van der Waals surface area (Å²) >= 11 is 5.78. The van der Waals surface area contributed by atoms with Gasteiger partial charge >= 0.3 is 0 Å². The molecule has 0 amide bonds. The second-order valence-electron chi connectivity index (χ2n) is 7.22. The normalized spacial score (nSPS) is 10.5. The second kappa shape index (κ2) is 10.2. The van der Waals surface area contributed by atoms with E-state index >= 15 is 0 Å². The monoisotopic (exact) mass is 422 g/mol. The van der Waals surface area contributed by atoms with Gasteiger partial charge in [-0.1, -0.05) is 43.3 Å². The Morgan fingerprint density at radius 2 is 1.70 bits per heavy atom. The lowest BCUT2D eigenvalue weighted by Crippen LogP contribution is -2.34. The number of nitrogens with zero attached hydrogens (tertiary/aromatic N) is 1. The average molecular weight is 423 g/mol. The van der Waals surface area contributed by atoms with Crippen molar-refractivity contribution in [3.8, 4) is 5.75 Å². The van der Waals surface area contributed by atoms with Crippen molar-refractivity contribution in [1.29, 1.82) is 0 Å². The first-order valence-corrected chi connectivity index (χ1v) is 10.4. The lowest BCUT2D eigenvalue weighted by molar-refractivity contribution is 0.406. The molecule has 0 bridgehead atoms. The molecule has 3 rings (SSSR count). The Kier molecular flexibility index (Phi) is 7.41. The first-order chi connectivity index (χ1) is 14.5. The fraction of sp³-hybridized carbons (Fsp3) is 0.240. The number of thiocarbonyl (C=S) groups is 1. The highest BCUT2D eigenvalue weighted by Gasteiger charge is 2.14. The van der Waals surface area contributed by atoms with Crippen molar-refractivity contribution in [3.63, 3.8) is 0 Å². The first kappa shape index (κ1) is 21.8. The molecule has 0 unspecified atom stereocenters. The van der Waals surface area contributed by atoms with Gasteiger partial charge in [0.2, 0.25) is 0 Å². The molecule has 0 aromatic heterocycles. The molecular weight excluding hydrogens is 395 g/mol. The Hall–Kier alpha value is -2.92. The first-order valence-electron chi connectivity index (χ1n) is 10.0. The Bertz CT molecular complexity index is 1000. The standard InChI is InChI=1S/C25H27FN2OS/c1-4-23-18(2)7-5-10-24(23)27-25(30)28(17-20-8-6-9-21(26)15-20)16-19-11-13-22(29-3)14-12-19/h5-15H,4,16-17H2,1-3H3,(H,27,30). The summed E-state index contributed by atoms with van der Waals surface area (Å²) in [5.74, 6) is 0.561. The van der Waals surface area contributed by atoms with Crippen molar-refractivity contribution in [2.75, 3.05) is 12.4 Å². The van der Waals surface area contributed by atoms with E-state index in [1.807, 2.05) is 47.4 Å². The third-order valence-electron chi connectivity index (χ3n) is 5.09. The predicted molar refractivity (Wildman–Crippen MR) is 125 cm³/mol. The van der Waals surface area contributed by atoms with Crippen LogP contribution in [0.2, 0.25) is 0 Å². The number of rotatable bonds is 7. The Labute approximate surface area is 183 Å². The molecule has 156 valence electrons. The van der Waals surface area contributed by atoms with Crippen molar-refractivity contribution in [3.05, 3.63) is 94.8 Å². The van der Waals surface area contributed by atoms with Crippen molar-refractivity contribution < 1.29 is 9.13 Å². The van der Waals surface area contributed by atoms with Gasteiger partial charge in [-0.15, -0.1) is 0 Å². The number of halogens is 1. The minimum atomic E-state index is -0.247. The number of nitrogens with one attached hydrogen (secondary N) is 1. The van der Waals surface area contributed by atoms with E-state index in [9.17, 15) is 4.39 Å². The maximum atomic E-state index is 13.7. The SMILES string of the molecule is CCc1c(C)cccc1NC(=S)N(Cc1ccc(OC)cc1)Cc1cccc(F)c1. The second-order valence-corrected chi connectivity index (χ2v) is 7.61. The summed E-state index contributed by atoms with van der Waals surface area (Å²) in [7, 11) is 1.65. The number of methoxy groups -OCH3 is 1. The van der Waals surface area contributed by atoms with Crippen molar-refractivity contribution >= 4 is 23.0 Å².